The number of ether oxygens (including phenoxy) is 1. The number of nitrogens with zero attached hydrogens (tertiary/aromatic N) is 1. The highest BCUT2D eigenvalue weighted by atomic mass is 16.5. The van der Waals surface area contributed by atoms with Crippen LogP contribution in [-0.2, 0) is 14.9 Å². The van der Waals surface area contributed by atoms with Gasteiger partial charge in [-0.1, -0.05) is 30.3 Å². The summed E-state index contributed by atoms with van der Waals surface area (Å²) in [5.74, 6) is -0.310. The van der Waals surface area contributed by atoms with Crippen molar-refractivity contribution in [1.82, 2.24) is 4.90 Å². The average molecular weight is 303 g/mol. The van der Waals surface area contributed by atoms with Crippen molar-refractivity contribution in [3.05, 3.63) is 35.9 Å². The number of piperidine rings is 1. The molecule has 2 bridgehead atoms. The Balaban J connectivity index is 1.71. The van der Waals surface area contributed by atoms with Gasteiger partial charge in [0.05, 0.1) is 6.61 Å². The van der Waals surface area contributed by atoms with Crippen molar-refractivity contribution in [3.63, 3.8) is 0 Å². The van der Waals surface area contributed by atoms with Crippen LogP contribution in [0.3, 0.4) is 0 Å². The Labute approximate surface area is 132 Å². The molecule has 120 valence electrons. The van der Waals surface area contributed by atoms with Crippen molar-refractivity contribution in [2.45, 2.75) is 56.2 Å². The van der Waals surface area contributed by atoms with E-state index < -0.39 is 5.41 Å². The first-order valence-electron chi connectivity index (χ1n) is 8.14. The van der Waals surface area contributed by atoms with Gasteiger partial charge >= 0.3 is 5.97 Å². The Kier molecular flexibility index (Phi) is 4.24. The molecular formula is C18H25NO3. The molecular weight excluding hydrogens is 278 g/mol. The maximum atomic E-state index is 12.7. The summed E-state index contributed by atoms with van der Waals surface area (Å²) in [4.78, 5) is 15.1. The van der Waals surface area contributed by atoms with E-state index in [2.05, 4.69) is 11.9 Å². The van der Waals surface area contributed by atoms with Crippen LogP contribution in [0, 0.1) is 0 Å². The van der Waals surface area contributed by atoms with Crippen LogP contribution >= 0.6 is 0 Å². The standard InChI is InChI=1S/C18H25NO3/c1-18(12-20,13-6-4-3-5-7-13)17(21)22-16-10-14-8-9-15(11-16)19(14)2/h3-7,14-16,20H,8-12H2,1-2H3. The van der Waals surface area contributed by atoms with Gasteiger partial charge in [0.2, 0.25) is 0 Å². The van der Waals surface area contributed by atoms with Crippen LogP contribution in [0.15, 0.2) is 30.3 Å². The van der Waals surface area contributed by atoms with Crippen molar-refractivity contribution in [1.29, 1.82) is 0 Å². The molecule has 4 heteroatoms. The SMILES string of the molecule is CN1C2CCC1CC(OC(=O)C(C)(CO)c1ccccc1)C2. The molecule has 0 aliphatic carbocycles. The number of rotatable bonds is 4. The van der Waals surface area contributed by atoms with E-state index in [9.17, 15) is 9.90 Å². The molecule has 3 atom stereocenters. The minimum Gasteiger partial charge on any atom is -0.462 e. The minimum absolute atomic E-state index is 0.0178. The van der Waals surface area contributed by atoms with Gasteiger partial charge in [-0.2, -0.15) is 0 Å². The molecule has 1 N–H and O–H groups in total. The van der Waals surface area contributed by atoms with E-state index in [1.165, 1.54) is 12.8 Å². The Morgan fingerprint density at radius 1 is 1.27 bits per heavy atom. The minimum atomic E-state index is -0.982. The molecule has 2 aliphatic heterocycles. The monoisotopic (exact) mass is 303 g/mol. The molecule has 1 aromatic carbocycles. The van der Waals surface area contributed by atoms with Gasteiger partial charge in [-0.3, -0.25) is 4.79 Å². The summed E-state index contributed by atoms with van der Waals surface area (Å²) < 4.78 is 5.81. The van der Waals surface area contributed by atoms with Crippen LogP contribution < -0.4 is 0 Å². The van der Waals surface area contributed by atoms with Crippen LogP contribution in [0.25, 0.3) is 0 Å². The Hall–Kier alpha value is -1.39. The smallest absolute Gasteiger partial charge is 0.318 e. The number of hydrogen-bond donors (Lipinski definition) is 1. The van der Waals surface area contributed by atoms with Gasteiger partial charge in [-0.15, -0.1) is 0 Å². The first-order valence-corrected chi connectivity index (χ1v) is 8.14. The number of aliphatic hydroxyl groups is 1. The van der Waals surface area contributed by atoms with Gasteiger partial charge in [0.25, 0.3) is 0 Å². The predicted molar refractivity (Wildman–Crippen MR) is 84.6 cm³/mol. The maximum absolute atomic E-state index is 12.7. The number of carbonyl (C=O) groups is 1. The summed E-state index contributed by atoms with van der Waals surface area (Å²) in [6, 6.07) is 10.5. The van der Waals surface area contributed by atoms with Crippen LogP contribution in [-0.4, -0.2) is 47.8 Å². The number of esters is 1. The molecule has 4 nitrogen and oxygen atoms in total. The third-order valence-corrected chi connectivity index (χ3v) is 5.51. The third kappa shape index (κ3) is 2.66. The van der Waals surface area contributed by atoms with Gasteiger partial charge < -0.3 is 14.7 Å². The summed E-state index contributed by atoms with van der Waals surface area (Å²) in [7, 11) is 2.17. The lowest BCUT2D eigenvalue weighted by Gasteiger charge is -2.37. The van der Waals surface area contributed by atoms with Crippen LogP contribution in [0.2, 0.25) is 0 Å². The van der Waals surface area contributed by atoms with Gasteiger partial charge in [-0.05, 0) is 45.2 Å². The van der Waals surface area contributed by atoms with E-state index in [1.54, 1.807) is 6.92 Å². The largest absolute Gasteiger partial charge is 0.462 e. The fraction of sp³-hybridized carbons (Fsp3) is 0.611. The molecule has 3 rings (SSSR count). The third-order valence-electron chi connectivity index (χ3n) is 5.51. The Bertz CT molecular complexity index is 518. The summed E-state index contributed by atoms with van der Waals surface area (Å²) in [5, 5.41) is 9.79. The lowest BCUT2D eigenvalue weighted by molar-refractivity contribution is -0.160. The molecule has 22 heavy (non-hydrogen) atoms. The normalized spacial score (nSPS) is 30.8. The van der Waals surface area contributed by atoms with E-state index in [1.807, 2.05) is 30.3 Å². The molecule has 3 unspecified atom stereocenters. The molecule has 1 aromatic rings. The summed E-state index contributed by atoms with van der Waals surface area (Å²) in [5.41, 5.74) is -0.178. The Morgan fingerprint density at radius 3 is 2.41 bits per heavy atom. The van der Waals surface area contributed by atoms with E-state index in [4.69, 9.17) is 4.74 Å². The number of carbonyl (C=O) groups excluding carboxylic acids is 1. The zero-order valence-corrected chi connectivity index (χ0v) is 13.4. The molecule has 2 aliphatic rings. The highest BCUT2D eigenvalue weighted by Gasteiger charge is 2.43. The fourth-order valence-electron chi connectivity index (χ4n) is 3.82. The molecule has 0 radical (unpaired) electrons. The molecule has 2 saturated heterocycles. The number of hydrogen-bond acceptors (Lipinski definition) is 4. The second-order valence-electron chi connectivity index (χ2n) is 6.91. The van der Waals surface area contributed by atoms with Crippen LogP contribution in [0.5, 0.6) is 0 Å². The van der Waals surface area contributed by atoms with Crippen molar-refractivity contribution >= 4 is 5.97 Å². The molecule has 0 spiro atoms. The van der Waals surface area contributed by atoms with Gasteiger partial charge in [0, 0.05) is 12.1 Å². The van der Waals surface area contributed by atoms with Crippen molar-refractivity contribution < 1.29 is 14.6 Å². The van der Waals surface area contributed by atoms with Gasteiger partial charge in [-0.25, -0.2) is 0 Å². The van der Waals surface area contributed by atoms with E-state index >= 15 is 0 Å². The van der Waals surface area contributed by atoms with Crippen molar-refractivity contribution in [2.75, 3.05) is 13.7 Å². The van der Waals surface area contributed by atoms with Crippen molar-refractivity contribution in [2.24, 2.45) is 0 Å². The number of fused-ring (bicyclic) bond motifs is 2. The summed E-state index contributed by atoms with van der Waals surface area (Å²) in [6.45, 7) is 1.52. The van der Waals surface area contributed by atoms with E-state index in [0.717, 1.165) is 18.4 Å². The molecule has 0 amide bonds. The maximum Gasteiger partial charge on any atom is 0.318 e. The first-order chi connectivity index (χ1) is 10.5. The molecule has 2 fully saturated rings. The number of aliphatic hydroxyl groups excluding tert-OH is 1. The van der Waals surface area contributed by atoms with E-state index in [-0.39, 0.29) is 18.7 Å². The number of benzene rings is 1. The lowest BCUT2D eigenvalue weighted by atomic mass is 9.83. The quantitative estimate of drug-likeness (QED) is 0.866. The van der Waals surface area contributed by atoms with Crippen LogP contribution in [0.4, 0.5) is 0 Å². The molecule has 0 aromatic heterocycles. The second kappa shape index (κ2) is 6.01. The van der Waals surface area contributed by atoms with Gasteiger partial charge in [0.15, 0.2) is 0 Å². The predicted octanol–water partition coefficient (Wildman–Crippen LogP) is 2.10. The summed E-state index contributed by atoms with van der Waals surface area (Å²) >= 11 is 0. The van der Waals surface area contributed by atoms with Crippen molar-refractivity contribution in [3.8, 4) is 0 Å². The van der Waals surface area contributed by atoms with Gasteiger partial charge in [0.1, 0.15) is 11.5 Å². The Morgan fingerprint density at radius 2 is 1.86 bits per heavy atom. The first kappa shape index (κ1) is 15.5. The molecule has 2 heterocycles. The second-order valence-corrected chi connectivity index (χ2v) is 6.91. The van der Waals surface area contributed by atoms with Crippen LogP contribution in [0.1, 0.15) is 38.2 Å². The average Bonchev–Trinajstić information content (AvgIpc) is 2.76. The topological polar surface area (TPSA) is 49.8 Å². The highest BCUT2D eigenvalue weighted by Crippen LogP contribution is 2.36. The fourth-order valence-corrected chi connectivity index (χ4v) is 3.82. The zero-order valence-electron chi connectivity index (χ0n) is 13.4. The highest BCUT2D eigenvalue weighted by molar-refractivity contribution is 5.83. The molecule has 0 saturated carbocycles. The van der Waals surface area contributed by atoms with E-state index in [0.29, 0.717) is 12.1 Å². The summed E-state index contributed by atoms with van der Waals surface area (Å²) in [6.07, 6.45) is 4.20. The lowest BCUT2D eigenvalue weighted by Crippen LogP contribution is -2.46. The zero-order chi connectivity index (χ0) is 15.7.